The van der Waals surface area contributed by atoms with Crippen molar-refractivity contribution in [1.29, 1.82) is 0 Å². The summed E-state index contributed by atoms with van der Waals surface area (Å²) >= 11 is 1.86. The summed E-state index contributed by atoms with van der Waals surface area (Å²) in [6.45, 7) is 7.45. The van der Waals surface area contributed by atoms with Crippen molar-refractivity contribution in [2.75, 3.05) is 5.32 Å². The number of hydrogen-bond donors (Lipinski definition) is 1. The molecule has 0 bridgehead atoms. The van der Waals surface area contributed by atoms with Gasteiger partial charge in [-0.15, -0.1) is 11.3 Å². The zero-order valence-corrected chi connectivity index (χ0v) is 11.5. The van der Waals surface area contributed by atoms with Crippen LogP contribution in [0.2, 0.25) is 0 Å². The predicted molar refractivity (Wildman–Crippen MR) is 76.9 cm³/mol. The number of anilines is 1. The molecule has 1 heterocycles. The fraction of sp³-hybridized carbons (Fsp3) is 0.333. The maximum Gasteiger partial charge on any atom is 0.0494 e. The molecule has 2 rings (SSSR count). The van der Waals surface area contributed by atoms with E-state index in [4.69, 9.17) is 0 Å². The first kappa shape index (κ1) is 12.2. The summed E-state index contributed by atoms with van der Waals surface area (Å²) in [5, 5.41) is 3.48. The van der Waals surface area contributed by atoms with E-state index in [1.165, 1.54) is 26.6 Å². The molecule has 1 nitrogen and oxygen atoms in total. The van der Waals surface area contributed by atoms with Crippen LogP contribution in [-0.4, -0.2) is 0 Å². The van der Waals surface area contributed by atoms with Crippen molar-refractivity contribution in [2.45, 2.75) is 33.7 Å². The molecule has 17 heavy (non-hydrogen) atoms. The number of thiophene rings is 1. The third kappa shape index (κ3) is 3.10. The van der Waals surface area contributed by atoms with Gasteiger partial charge in [0.25, 0.3) is 0 Å². The highest BCUT2D eigenvalue weighted by Crippen LogP contribution is 2.19. The molecule has 1 aromatic carbocycles. The molecule has 0 fully saturated rings. The number of benzene rings is 1. The summed E-state index contributed by atoms with van der Waals surface area (Å²) in [6.07, 6.45) is 1.11. The molecule has 0 saturated carbocycles. The van der Waals surface area contributed by atoms with Crippen LogP contribution in [-0.2, 0) is 13.0 Å². The van der Waals surface area contributed by atoms with Gasteiger partial charge >= 0.3 is 0 Å². The lowest BCUT2D eigenvalue weighted by atomic mass is 10.1. The van der Waals surface area contributed by atoms with E-state index in [0.717, 1.165) is 13.0 Å². The Kier molecular flexibility index (Phi) is 3.85. The van der Waals surface area contributed by atoms with Gasteiger partial charge in [-0.1, -0.05) is 13.0 Å². The number of hydrogen-bond acceptors (Lipinski definition) is 2. The van der Waals surface area contributed by atoms with E-state index in [1.807, 2.05) is 11.3 Å². The first-order valence-electron chi connectivity index (χ1n) is 6.07. The van der Waals surface area contributed by atoms with Gasteiger partial charge in [0, 0.05) is 22.0 Å². The van der Waals surface area contributed by atoms with Crippen LogP contribution in [0.25, 0.3) is 0 Å². The Bertz CT molecular complexity index is 499. The van der Waals surface area contributed by atoms with Crippen molar-refractivity contribution in [1.82, 2.24) is 0 Å². The van der Waals surface area contributed by atoms with Crippen LogP contribution in [0, 0.1) is 13.8 Å². The van der Waals surface area contributed by atoms with Crippen LogP contribution in [0.15, 0.2) is 30.3 Å². The molecule has 1 aromatic heterocycles. The third-order valence-corrected chi connectivity index (χ3v) is 3.99. The van der Waals surface area contributed by atoms with Gasteiger partial charge in [-0.3, -0.25) is 0 Å². The van der Waals surface area contributed by atoms with Crippen LogP contribution < -0.4 is 5.32 Å². The van der Waals surface area contributed by atoms with Crippen LogP contribution >= 0.6 is 11.3 Å². The molecule has 0 saturated heterocycles. The Morgan fingerprint density at radius 3 is 2.53 bits per heavy atom. The minimum Gasteiger partial charge on any atom is -0.380 e. The summed E-state index contributed by atoms with van der Waals surface area (Å²) in [4.78, 5) is 2.76. The van der Waals surface area contributed by atoms with E-state index in [1.54, 1.807) is 0 Å². The molecule has 2 heteroatoms. The third-order valence-electron chi connectivity index (χ3n) is 2.99. The Morgan fingerprint density at radius 2 is 1.94 bits per heavy atom. The topological polar surface area (TPSA) is 12.0 Å². The number of aryl methyl sites for hydroxylation is 3. The predicted octanol–water partition coefficient (Wildman–Crippen LogP) is 4.54. The molecule has 0 radical (unpaired) electrons. The second kappa shape index (κ2) is 5.37. The lowest BCUT2D eigenvalue weighted by Crippen LogP contribution is -1.98. The van der Waals surface area contributed by atoms with Crippen LogP contribution in [0.4, 0.5) is 5.69 Å². The smallest absolute Gasteiger partial charge is 0.0494 e. The van der Waals surface area contributed by atoms with Crippen molar-refractivity contribution < 1.29 is 0 Å². The van der Waals surface area contributed by atoms with Crippen molar-refractivity contribution in [3.8, 4) is 0 Å². The first-order valence-corrected chi connectivity index (χ1v) is 6.89. The summed E-state index contributed by atoms with van der Waals surface area (Å²) in [5.74, 6) is 0. The number of nitrogens with one attached hydrogen (secondary N) is 1. The van der Waals surface area contributed by atoms with E-state index < -0.39 is 0 Å². The van der Waals surface area contributed by atoms with Gasteiger partial charge < -0.3 is 5.32 Å². The monoisotopic (exact) mass is 245 g/mol. The molecule has 2 aromatic rings. The molecular weight excluding hydrogens is 226 g/mol. The van der Waals surface area contributed by atoms with Crippen LogP contribution in [0.5, 0.6) is 0 Å². The Labute approximate surface area is 108 Å². The van der Waals surface area contributed by atoms with Gasteiger partial charge in [0.15, 0.2) is 0 Å². The van der Waals surface area contributed by atoms with Crippen molar-refractivity contribution in [3.05, 3.63) is 51.2 Å². The highest BCUT2D eigenvalue weighted by molar-refractivity contribution is 7.11. The van der Waals surface area contributed by atoms with Crippen molar-refractivity contribution >= 4 is 17.0 Å². The molecule has 90 valence electrons. The maximum absolute atomic E-state index is 3.48. The molecule has 0 spiro atoms. The van der Waals surface area contributed by atoms with Gasteiger partial charge in [-0.25, -0.2) is 0 Å². The standard InChI is InChI=1S/C15H19NS/c1-4-13-6-7-14(9-11(13)2)16-10-15-8-5-12(3)17-15/h5-9,16H,4,10H2,1-3H3. The van der Waals surface area contributed by atoms with Gasteiger partial charge in [-0.05, 0) is 55.7 Å². The summed E-state index contributed by atoms with van der Waals surface area (Å²) < 4.78 is 0. The van der Waals surface area contributed by atoms with Gasteiger partial charge in [0.2, 0.25) is 0 Å². The summed E-state index contributed by atoms with van der Waals surface area (Å²) in [6, 6.07) is 11.0. The average Bonchev–Trinajstić information content (AvgIpc) is 2.73. The highest BCUT2D eigenvalue weighted by atomic mass is 32.1. The van der Waals surface area contributed by atoms with Gasteiger partial charge in [-0.2, -0.15) is 0 Å². The molecule has 0 aliphatic heterocycles. The number of rotatable bonds is 4. The largest absolute Gasteiger partial charge is 0.380 e. The highest BCUT2D eigenvalue weighted by Gasteiger charge is 2.00. The van der Waals surface area contributed by atoms with E-state index in [0.29, 0.717) is 0 Å². The second-order valence-corrected chi connectivity index (χ2v) is 5.73. The summed E-state index contributed by atoms with van der Waals surface area (Å²) in [7, 11) is 0. The minimum absolute atomic E-state index is 0.920. The van der Waals surface area contributed by atoms with E-state index >= 15 is 0 Å². The summed E-state index contributed by atoms with van der Waals surface area (Å²) in [5.41, 5.74) is 4.02. The second-order valence-electron chi connectivity index (χ2n) is 4.36. The van der Waals surface area contributed by atoms with Crippen LogP contribution in [0.3, 0.4) is 0 Å². The molecule has 0 unspecified atom stereocenters. The SMILES string of the molecule is CCc1ccc(NCc2ccc(C)s2)cc1C. The lowest BCUT2D eigenvalue weighted by Gasteiger charge is -2.08. The van der Waals surface area contributed by atoms with Gasteiger partial charge in [0.1, 0.15) is 0 Å². The minimum atomic E-state index is 0.920. The fourth-order valence-electron chi connectivity index (χ4n) is 1.97. The Hall–Kier alpha value is -1.28. The van der Waals surface area contributed by atoms with E-state index in [2.05, 4.69) is 56.4 Å². The Balaban J connectivity index is 2.02. The van der Waals surface area contributed by atoms with E-state index in [-0.39, 0.29) is 0 Å². The zero-order chi connectivity index (χ0) is 12.3. The molecule has 0 atom stereocenters. The molecule has 0 aliphatic carbocycles. The van der Waals surface area contributed by atoms with Crippen molar-refractivity contribution in [3.63, 3.8) is 0 Å². The Morgan fingerprint density at radius 1 is 1.12 bits per heavy atom. The molecule has 0 amide bonds. The fourth-order valence-corrected chi connectivity index (χ4v) is 2.80. The quantitative estimate of drug-likeness (QED) is 0.834. The van der Waals surface area contributed by atoms with Crippen LogP contribution in [0.1, 0.15) is 27.8 Å². The molecule has 1 N–H and O–H groups in total. The average molecular weight is 245 g/mol. The normalized spacial score (nSPS) is 10.5. The lowest BCUT2D eigenvalue weighted by molar-refractivity contribution is 1.10. The van der Waals surface area contributed by atoms with Crippen molar-refractivity contribution in [2.24, 2.45) is 0 Å². The maximum atomic E-state index is 3.48. The molecule has 0 aliphatic rings. The van der Waals surface area contributed by atoms with Gasteiger partial charge in [0.05, 0.1) is 0 Å². The van der Waals surface area contributed by atoms with E-state index in [9.17, 15) is 0 Å². The first-order chi connectivity index (χ1) is 8.19. The molecular formula is C15H19NS. The zero-order valence-electron chi connectivity index (χ0n) is 10.7.